The minimum atomic E-state index is 0.210. The van der Waals surface area contributed by atoms with Crippen LogP contribution in [-0.4, -0.2) is 45.6 Å². The van der Waals surface area contributed by atoms with Crippen LogP contribution in [0.5, 0.6) is 17.2 Å². The molecule has 0 unspecified atom stereocenters. The van der Waals surface area contributed by atoms with E-state index in [0.29, 0.717) is 34.8 Å². The van der Waals surface area contributed by atoms with Crippen molar-refractivity contribution >= 4 is 28.6 Å². The van der Waals surface area contributed by atoms with Gasteiger partial charge in [-0.3, -0.25) is 0 Å². The van der Waals surface area contributed by atoms with Crippen molar-refractivity contribution in [2.24, 2.45) is 7.05 Å². The number of benzene rings is 2. The Bertz CT molecular complexity index is 1250. The number of fused-ring (bicyclic) bond motifs is 1. The highest BCUT2D eigenvalue weighted by molar-refractivity contribution is 5.79. The molecule has 0 fully saturated rings. The number of aromatic nitrogens is 5. The van der Waals surface area contributed by atoms with Crippen LogP contribution in [0.1, 0.15) is 11.1 Å². The third-order valence-electron chi connectivity index (χ3n) is 5.22. The molecule has 0 spiro atoms. The highest BCUT2D eigenvalue weighted by Crippen LogP contribution is 2.40. The lowest BCUT2D eigenvalue weighted by Crippen LogP contribution is -2.08. The summed E-state index contributed by atoms with van der Waals surface area (Å²) in [7, 11) is 6.59. The van der Waals surface area contributed by atoms with Crippen molar-refractivity contribution in [3.05, 3.63) is 35.4 Å². The van der Waals surface area contributed by atoms with E-state index in [1.807, 2.05) is 11.6 Å². The molecule has 0 amide bonds. The molecular formula is C21H25N7O3. The predicted molar refractivity (Wildman–Crippen MR) is 119 cm³/mol. The Morgan fingerprint density at radius 2 is 1.55 bits per heavy atom. The Morgan fingerprint density at radius 1 is 0.903 bits per heavy atom. The van der Waals surface area contributed by atoms with Gasteiger partial charge >= 0.3 is 0 Å². The molecule has 4 rings (SSSR count). The van der Waals surface area contributed by atoms with Gasteiger partial charge in [0, 0.05) is 24.9 Å². The maximum Gasteiger partial charge on any atom is 0.248 e. The molecule has 0 saturated heterocycles. The normalized spacial score (nSPS) is 11.0. The lowest BCUT2D eigenvalue weighted by molar-refractivity contribution is 0.324. The molecule has 31 heavy (non-hydrogen) atoms. The van der Waals surface area contributed by atoms with Crippen LogP contribution in [0.25, 0.3) is 17.0 Å². The van der Waals surface area contributed by atoms with Gasteiger partial charge in [0.25, 0.3) is 0 Å². The number of methoxy groups -OCH3 is 3. The van der Waals surface area contributed by atoms with E-state index in [9.17, 15) is 0 Å². The second-order valence-electron chi connectivity index (χ2n) is 7.14. The lowest BCUT2D eigenvalue weighted by Gasteiger charge is -2.14. The highest BCUT2D eigenvalue weighted by atomic mass is 16.5. The fourth-order valence-corrected chi connectivity index (χ4v) is 3.43. The first-order chi connectivity index (χ1) is 14.9. The van der Waals surface area contributed by atoms with Gasteiger partial charge in [-0.1, -0.05) is 0 Å². The second-order valence-corrected chi connectivity index (χ2v) is 7.14. The Hall–Kier alpha value is -3.95. The van der Waals surface area contributed by atoms with Crippen molar-refractivity contribution in [2.75, 3.05) is 32.4 Å². The smallest absolute Gasteiger partial charge is 0.248 e. The van der Waals surface area contributed by atoms with E-state index in [0.717, 1.165) is 11.0 Å². The maximum atomic E-state index is 6.16. The van der Waals surface area contributed by atoms with Crippen LogP contribution in [0.15, 0.2) is 24.3 Å². The highest BCUT2D eigenvalue weighted by Gasteiger charge is 2.18. The minimum Gasteiger partial charge on any atom is -0.493 e. The Kier molecular flexibility index (Phi) is 5.05. The summed E-state index contributed by atoms with van der Waals surface area (Å²) in [4.78, 5) is 9.04. The number of hydrogen-bond donors (Lipinski definition) is 2. The number of nitrogen functional groups attached to an aromatic ring is 1. The molecule has 0 aliphatic carbocycles. The van der Waals surface area contributed by atoms with Gasteiger partial charge in [0.05, 0.1) is 32.4 Å². The zero-order chi connectivity index (χ0) is 22.3. The van der Waals surface area contributed by atoms with E-state index in [1.54, 1.807) is 33.5 Å². The van der Waals surface area contributed by atoms with E-state index in [2.05, 4.69) is 41.4 Å². The first-order valence-corrected chi connectivity index (χ1v) is 9.59. The third-order valence-corrected chi connectivity index (χ3v) is 5.22. The molecule has 0 aliphatic heterocycles. The Balaban J connectivity index is 1.72. The molecule has 2 aromatic heterocycles. The zero-order valence-electron chi connectivity index (χ0n) is 18.3. The first-order valence-electron chi connectivity index (χ1n) is 9.59. The van der Waals surface area contributed by atoms with Crippen molar-refractivity contribution in [2.45, 2.75) is 13.8 Å². The number of hydrogen-bond acceptors (Lipinski definition) is 8. The van der Waals surface area contributed by atoms with E-state index in [4.69, 9.17) is 24.9 Å². The number of nitrogens with zero attached hydrogens (tertiary/aromatic N) is 5. The fraction of sp³-hybridized carbons (Fsp3) is 0.286. The number of nitrogens with two attached hydrogens (primary N) is 1. The van der Waals surface area contributed by atoms with Crippen LogP contribution in [0.2, 0.25) is 0 Å². The van der Waals surface area contributed by atoms with Crippen molar-refractivity contribution in [1.29, 1.82) is 0 Å². The van der Waals surface area contributed by atoms with Gasteiger partial charge in [-0.15, -0.1) is 5.10 Å². The van der Waals surface area contributed by atoms with Crippen LogP contribution in [-0.2, 0) is 7.05 Å². The summed E-state index contributed by atoms with van der Waals surface area (Å²) < 4.78 is 19.6. The zero-order valence-corrected chi connectivity index (χ0v) is 18.3. The second kappa shape index (κ2) is 7.71. The number of anilines is 3. The predicted octanol–water partition coefficient (Wildman–Crippen LogP) is 3.12. The van der Waals surface area contributed by atoms with Crippen molar-refractivity contribution < 1.29 is 14.2 Å². The van der Waals surface area contributed by atoms with Gasteiger partial charge in [0.1, 0.15) is 0 Å². The SMILES string of the molecule is COc1cc(Nc2nc(N)n(-c3nc4cc(C)c(C)cc4n3C)n2)cc(OC)c1OC. The van der Waals surface area contributed by atoms with Crippen LogP contribution in [0.4, 0.5) is 17.6 Å². The molecular weight excluding hydrogens is 398 g/mol. The van der Waals surface area contributed by atoms with E-state index in [-0.39, 0.29) is 5.95 Å². The molecule has 2 aromatic carbocycles. The van der Waals surface area contributed by atoms with E-state index >= 15 is 0 Å². The summed E-state index contributed by atoms with van der Waals surface area (Å²) in [6.07, 6.45) is 0. The average molecular weight is 423 g/mol. The topological polar surface area (TPSA) is 114 Å². The molecule has 0 aliphatic rings. The third kappa shape index (κ3) is 3.45. The van der Waals surface area contributed by atoms with Gasteiger partial charge in [-0.2, -0.15) is 9.67 Å². The van der Waals surface area contributed by atoms with Crippen molar-refractivity contribution in [1.82, 2.24) is 24.3 Å². The standard InChI is InChI=1S/C21H25N7O3/c1-11-7-14-15(8-12(11)2)27(3)21(24-14)28-19(22)25-20(26-28)23-13-9-16(29-4)18(31-6)17(10-13)30-5/h7-10H,1-6H3,(H3,22,23,25,26). The van der Waals surface area contributed by atoms with Crippen molar-refractivity contribution in [3.8, 4) is 23.2 Å². The summed E-state index contributed by atoms with van der Waals surface area (Å²) in [6.45, 7) is 4.14. The number of aryl methyl sites for hydroxylation is 3. The molecule has 0 radical (unpaired) electrons. The quantitative estimate of drug-likeness (QED) is 0.486. The summed E-state index contributed by atoms with van der Waals surface area (Å²) in [5, 5.41) is 7.63. The summed E-state index contributed by atoms with van der Waals surface area (Å²) in [6, 6.07) is 7.68. The van der Waals surface area contributed by atoms with Crippen LogP contribution < -0.4 is 25.3 Å². The molecule has 2 heterocycles. The van der Waals surface area contributed by atoms with Crippen LogP contribution in [0.3, 0.4) is 0 Å². The molecule has 4 aromatic rings. The number of ether oxygens (including phenoxy) is 3. The molecule has 0 saturated carbocycles. The van der Waals surface area contributed by atoms with Crippen molar-refractivity contribution in [3.63, 3.8) is 0 Å². The number of imidazole rings is 1. The number of nitrogens with one attached hydrogen (secondary N) is 1. The minimum absolute atomic E-state index is 0.210. The summed E-state index contributed by atoms with van der Waals surface area (Å²) in [5.41, 5.74) is 11.0. The fourth-order valence-electron chi connectivity index (χ4n) is 3.43. The van der Waals surface area contributed by atoms with Crippen LogP contribution >= 0.6 is 0 Å². The molecule has 0 bridgehead atoms. The van der Waals surface area contributed by atoms with E-state index < -0.39 is 0 Å². The average Bonchev–Trinajstić information content (AvgIpc) is 3.26. The molecule has 10 heteroatoms. The van der Waals surface area contributed by atoms with Crippen LogP contribution in [0, 0.1) is 13.8 Å². The molecule has 162 valence electrons. The maximum absolute atomic E-state index is 6.16. The van der Waals surface area contributed by atoms with E-state index in [1.165, 1.54) is 15.8 Å². The molecule has 0 atom stereocenters. The van der Waals surface area contributed by atoms with Gasteiger partial charge < -0.3 is 29.8 Å². The summed E-state index contributed by atoms with van der Waals surface area (Å²) in [5.74, 6) is 2.62. The largest absolute Gasteiger partial charge is 0.493 e. The Labute approximate surface area is 179 Å². The lowest BCUT2D eigenvalue weighted by atomic mass is 10.1. The number of rotatable bonds is 6. The Morgan fingerprint density at radius 3 is 2.16 bits per heavy atom. The van der Waals surface area contributed by atoms with Gasteiger partial charge in [-0.05, 0) is 37.1 Å². The molecule has 10 nitrogen and oxygen atoms in total. The monoisotopic (exact) mass is 423 g/mol. The summed E-state index contributed by atoms with van der Waals surface area (Å²) >= 11 is 0. The van der Waals surface area contributed by atoms with Gasteiger partial charge in [0.2, 0.25) is 23.6 Å². The van der Waals surface area contributed by atoms with Gasteiger partial charge in [-0.25, -0.2) is 4.98 Å². The van der Waals surface area contributed by atoms with Gasteiger partial charge in [0.15, 0.2) is 11.5 Å². The first kappa shape index (κ1) is 20.3. The molecule has 3 N–H and O–H groups in total.